The number of ether oxygens (including phenoxy) is 1. The highest BCUT2D eigenvalue weighted by atomic mass is 16.5. The van der Waals surface area contributed by atoms with Crippen LogP contribution in [0.2, 0.25) is 0 Å². The minimum absolute atomic E-state index is 0.663. The van der Waals surface area contributed by atoms with Gasteiger partial charge in [-0.2, -0.15) is 0 Å². The van der Waals surface area contributed by atoms with Gasteiger partial charge in [0.2, 0.25) is 0 Å². The molecule has 0 radical (unpaired) electrons. The van der Waals surface area contributed by atoms with Gasteiger partial charge in [-0.15, -0.1) is 0 Å². The summed E-state index contributed by atoms with van der Waals surface area (Å²) in [6.45, 7) is 7.76. The van der Waals surface area contributed by atoms with Gasteiger partial charge in [-0.1, -0.05) is 18.2 Å². The topological polar surface area (TPSA) is 25.4 Å². The first-order valence-electron chi connectivity index (χ1n) is 8.09. The van der Waals surface area contributed by atoms with E-state index in [0.717, 1.165) is 28.9 Å². The lowest BCUT2D eigenvalue weighted by molar-refractivity contribution is 0.340. The Balaban J connectivity index is 2.19. The minimum Gasteiger partial charge on any atom is -0.494 e. The summed E-state index contributed by atoms with van der Waals surface area (Å²) < 4.78 is 5.67. The lowest BCUT2D eigenvalue weighted by Gasteiger charge is -2.25. The fraction of sp³-hybridized carbons (Fsp3) is 0.250. The first kappa shape index (κ1) is 15.3. The zero-order valence-corrected chi connectivity index (χ0v) is 13.9. The fourth-order valence-electron chi connectivity index (χ4n) is 2.90. The first-order valence-corrected chi connectivity index (χ1v) is 8.09. The van der Waals surface area contributed by atoms with E-state index in [4.69, 9.17) is 4.74 Å². The van der Waals surface area contributed by atoms with Crippen molar-refractivity contribution in [1.82, 2.24) is 4.98 Å². The summed E-state index contributed by atoms with van der Waals surface area (Å²) in [6.07, 6.45) is 0. The van der Waals surface area contributed by atoms with E-state index in [0.29, 0.717) is 6.61 Å². The van der Waals surface area contributed by atoms with Crippen molar-refractivity contribution in [2.75, 3.05) is 18.1 Å². The number of rotatable bonds is 5. The normalized spacial score (nSPS) is 10.7. The summed E-state index contributed by atoms with van der Waals surface area (Å²) in [5.74, 6) is 0.885. The second-order valence-electron chi connectivity index (χ2n) is 5.47. The highest BCUT2D eigenvalue weighted by molar-refractivity contribution is 5.95. The Hall–Kier alpha value is -2.55. The van der Waals surface area contributed by atoms with Gasteiger partial charge in [0.05, 0.1) is 17.8 Å². The van der Waals surface area contributed by atoms with Crippen molar-refractivity contribution in [3.05, 3.63) is 60.3 Å². The molecule has 0 saturated carbocycles. The number of fused-ring (bicyclic) bond motifs is 1. The predicted octanol–water partition coefficient (Wildman–Crippen LogP) is 5.10. The molecule has 0 aliphatic rings. The van der Waals surface area contributed by atoms with Crippen LogP contribution in [0.1, 0.15) is 19.5 Å². The van der Waals surface area contributed by atoms with Crippen LogP contribution in [0.3, 0.4) is 0 Å². The zero-order chi connectivity index (χ0) is 16.2. The van der Waals surface area contributed by atoms with Crippen LogP contribution in [0.15, 0.2) is 54.6 Å². The molecule has 0 N–H and O–H groups in total. The highest BCUT2D eigenvalue weighted by Crippen LogP contribution is 2.34. The molecule has 3 aromatic rings. The maximum Gasteiger partial charge on any atom is 0.120 e. The van der Waals surface area contributed by atoms with Crippen LogP contribution in [-0.2, 0) is 0 Å². The van der Waals surface area contributed by atoms with Crippen molar-refractivity contribution < 1.29 is 4.74 Å². The Morgan fingerprint density at radius 2 is 1.78 bits per heavy atom. The molecular weight excluding hydrogens is 284 g/mol. The number of anilines is 2. The summed E-state index contributed by atoms with van der Waals surface area (Å²) in [5, 5.41) is 1.12. The molecule has 23 heavy (non-hydrogen) atoms. The van der Waals surface area contributed by atoms with Gasteiger partial charge in [-0.05, 0) is 57.2 Å². The molecule has 3 heteroatoms. The van der Waals surface area contributed by atoms with Gasteiger partial charge in [0, 0.05) is 23.3 Å². The minimum atomic E-state index is 0.663. The average molecular weight is 306 g/mol. The van der Waals surface area contributed by atoms with E-state index in [1.807, 2.05) is 32.0 Å². The third-order valence-corrected chi connectivity index (χ3v) is 3.87. The van der Waals surface area contributed by atoms with Gasteiger partial charge in [0.15, 0.2) is 0 Å². The standard InChI is InChI=1S/C20H22N2O/c1-4-22(16-9-7-6-8-10-16)20-13-15(3)21-19-12-11-17(23-5-2)14-18(19)20/h6-14H,4-5H2,1-3H3. The first-order chi connectivity index (χ1) is 11.2. The zero-order valence-electron chi connectivity index (χ0n) is 13.9. The van der Waals surface area contributed by atoms with Crippen LogP contribution in [0, 0.1) is 6.92 Å². The number of benzene rings is 2. The maximum absolute atomic E-state index is 5.67. The van der Waals surface area contributed by atoms with Crippen molar-refractivity contribution in [3.63, 3.8) is 0 Å². The van der Waals surface area contributed by atoms with Crippen molar-refractivity contribution in [1.29, 1.82) is 0 Å². The van der Waals surface area contributed by atoms with Crippen molar-refractivity contribution in [2.24, 2.45) is 0 Å². The monoisotopic (exact) mass is 306 g/mol. The molecule has 1 aromatic heterocycles. The maximum atomic E-state index is 5.67. The Morgan fingerprint density at radius 1 is 1.00 bits per heavy atom. The van der Waals surface area contributed by atoms with E-state index in [1.54, 1.807) is 0 Å². The van der Waals surface area contributed by atoms with E-state index >= 15 is 0 Å². The molecule has 0 atom stereocenters. The summed E-state index contributed by atoms with van der Waals surface area (Å²) >= 11 is 0. The molecule has 0 amide bonds. The summed E-state index contributed by atoms with van der Waals surface area (Å²) in [4.78, 5) is 6.98. The molecule has 0 saturated heterocycles. The van der Waals surface area contributed by atoms with E-state index in [9.17, 15) is 0 Å². The average Bonchev–Trinajstić information content (AvgIpc) is 2.57. The smallest absolute Gasteiger partial charge is 0.120 e. The third kappa shape index (κ3) is 3.14. The molecule has 1 heterocycles. The summed E-state index contributed by atoms with van der Waals surface area (Å²) in [6, 6.07) is 18.7. The van der Waals surface area contributed by atoms with Crippen molar-refractivity contribution in [2.45, 2.75) is 20.8 Å². The van der Waals surface area contributed by atoms with Gasteiger partial charge < -0.3 is 9.64 Å². The van der Waals surface area contributed by atoms with E-state index < -0.39 is 0 Å². The van der Waals surface area contributed by atoms with Crippen LogP contribution in [-0.4, -0.2) is 18.1 Å². The molecule has 0 spiro atoms. The van der Waals surface area contributed by atoms with Crippen LogP contribution >= 0.6 is 0 Å². The quantitative estimate of drug-likeness (QED) is 0.655. The highest BCUT2D eigenvalue weighted by Gasteiger charge is 2.13. The molecule has 3 nitrogen and oxygen atoms in total. The Labute approximate surface area is 137 Å². The lowest BCUT2D eigenvalue weighted by Crippen LogP contribution is -2.16. The van der Waals surface area contributed by atoms with E-state index in [2.05, 4.69) is 53.2 Å². The third-order valence-electron chi connectivity index (χ3n) is 3.87. The number of para-hydroxylation sites is 1. The summed E-state index contributed by atoms with van der Waals surface area (Å²) in [7, 11) is 0. The van der Waals surface area contributed by atoms with Crippen LogP contribution in [0.5, 0.6) is 5.75 Å². The SMILES string of the molecule is CCOc1ccc2nc(C)cc(N(CC)c3ccccc3)c2c1. The lowest BCUT2D eigenvalue weighted by atomic mass is 10.1. The fourth-order valence-corrected chi connectivity index (χ4v) is 2.90. The van der Waals surface area contributed by atoms with Gasteiger partial charge in [-0.25, -0.2) is 0 Å². The van der Waals surface area contributed by atoms with Crippen LogP contribution < -0.4 is 9.64 Å². The Kier molecular flexibility index (Phi) is 4.47. The molecule has 0 unspecified atom stereocenters. The van der Waals surface area contributed by atoms with Crippen molar-refractivity contribution in [3.8, 4) is 5.75 Å². The Bertz CT molecular complexity index is 799. The van der Waals surface area contributed by atoms with Gasteiger partial charge in [-0.3, -0.25) is 4.98 Å². The molecule has 0 bridgehead atoms. The number of aryl methyl sites for hydroxylation is 1. The van der Waals surface area contributed by atoms with Gasteiger partial charge in [0.25, 0.3) is 0 Å². The largest absolute Gasteiger partial charge is 0.494 e. The predicted molar refractivity (Wildman–Crippen MR) is 96.8 cm³/mol. The molecule has 2 aromatic carbocycles. The number of nitrogens with zero attached hydrogens (tertiary/aromatic N) is 2. The second kappa shape index (κ2) is 6.69. The van der Waals surface area contributed by atoms with E-state index in [1.165, 1.54) is 11.4 Å². The number of aromatic nitrogens is 1. The van der Waals surface area contributed by atoms with Gasteiger partial charge >= 0.3 is 0 Å². The molecule has 118 valence electrons. The number of hydrogen-bond donors (Lipinski definition) is 0. The number of pyridine rings is 1. The van der Waals surface area contributed by atoms with E-state index in [-0.39, 0.29) is 0 Å². The Morgan fingerprint density at radius 3 is 2.48 bits per heavy atom. The van der Waals surface area contributed by atoms with Gasteiger partial charge in [0.1, 0.15) is 5.75 Å². The molecule has 3 rings (SSSR count). The number of hydrogen-bond acceptors (Lipinski definition) is 3. The molecule has 0 aliphatic carbocycles. The van der Waals surface area contributed by atoms with Crippen molar-refractivity contribution >= 4 is 22.3 Å². The molecular formula is C20H22N2O. The van der Waals surface area contributed by atoms with Crippen LogP contribution in [0.4, 0.5) is 11.4 Å². The molecule has 0 aliphatic heterocycles. The molecule has 0 fully saturated rings. The summed E-state index contributed by atoms with van der Waals surface area (Å²) in [5.41, 5.74) is 4.37. The second-order valence-corrected chi connectivity index (χ2v) is 5.47. The van der Waals surface area contributed by atoms with Crippen LogP contribution in [0.25, 0.3) is 10.9 Å².